The number of amides is 2. The lowest BCUT2D eigenvalue weighted by Crippen LogP contribution is -2.28. The minimum absolute atomic E-state index is 0.113. The highest BCUT2D eigenvalue weighted by molar-refractivity contribution is 9.10. The number of thioether (sulfide) groups is 1. The number of carbonyl (C=O) groups excluding carboxylic acids is 2. The average Bonchev–Trinajstić information content (AvgIpc) is 2.91. The van der Waals surface area contributed by atoms with E-state index < -0.39 is 17.0 Å². The van der Waals surface area contributed by atoms with Crippen LogP contribution in [0.3, 0.4) is 0 Å². The molecule has 146 valence electrons. The first kappa shape index (κ1) is 20.9. The van der Waals surface area contributed by atoms with E-state index in [1.807, 2.05) is 19.1 Å². The second kappa shape index (κ2) is 9.11. The third-order valence-corrected chi connectivity index (χ3v) is 5.73. The number of halogens is 3. The second-order valence-corrected chi connectivity index (χ2v) is 8.31. The Morgan fingerprint density at radius 3 is 2.79 bits per heavy atom. The van der Waals surface area contributed by atoms with E-state index in [0.717, 1.165) is 27.6 Å². The second-order valence-electron chi connectivity index (χ2n) is 6.00. The molecule has 8 heteroatoms. The molecule has 0 atom stereocenters. The molecule has 0 N–H and O–H groups in total. The van der Waals surface area contributed by atoms with E-state index in [1.54, 1.807) is 12.1 Å². The zero-order valence-electron chi connectivity index (χ0n) is 14.9. The van der Waals surface area contributed by atoms with Gasteiger partial charge in [0.15, 0.2) is 0 Å². The summed E-state index contributed by atoms with van der Waals surface area (Å²) in [7, 11) is 0. The molecular weight excluding hydrogens is 469 g/mol. The Morgan fingerprint density at radius 1 is 1.29 bits per heavy atom. The van der Waals surface area contributed by atoms with Crippen molar-refractivity contribution in [2.45, 2.75) is 19.9 Å². The predicted octanol–water partition coefficient (Wildman–Crippen LogP) is 6.27. The van der Waals surface area contributed by atoms with Crippen LogP contribution in [0.2, 0.25) is 5.02 Å². The van der Waals surface area contributed by atoms with E-state index in [0.29, 0.717) is 17.9 Å². The van der Waals surface area contributed by atoms with Gasteiger partial charge in [0.05, 0.1) is 18.1 Å². The van der Waals surface area contributed by atoms with Crippen molar-refractivity contribution >= 4 is 56.5 Å². The Balaban J connectivity index is 1.89. The molecule has 2 amide bonds. The van der Waals surface area contributed by atoms with Gasteiger partial charge in [0, 0.05) is 20.6 Å². The standard InChI is InChI=1S/C20H16BrClFNO3S/c1-2-8-27-17-7-6-13(21)9-12(17)10-18-19(25)24(20(26)28-18)11-14-15(22)4-3-5-16(14)23/h3-7,9-10H,2,8,11H2,1H3/b18-10+. The normalized spacial score (nSPS) is 15.6. The van der Waals surface area contributed by atoms with Gasteiger partial charge < -0.3 is 4.74 Å². The molecule has 3 rings (SSSR count). The number of carbonyl (C=O) groups is 2. The molecule has 28 heavy (non-hydrogen) atoms. The molecule has 2 aromatic rings. The van der Waals surface area contributed by atoms with E-state index in [-0.39, 0.29) is 22.0 Å². The van der Waals surface area contributed by atoms with Crippen molar-refractivity contribution in [3.8, 4) is 5.75 Å². The number of ether oxygens (including phenoxy) is 1. The molecule has 1 aliphatic heterocycles. The summed E-state index contributed by atoms with van der Waals surface area (Å²) < 4.78 is 20.6. The molecule has 1 saturated heterocycles. The summed E-state index contributed by atoms with van der Waals surface area (Å²) in [6, 6.07) is 9.69. The average molecular weight is 485 g/mol. The van der Waals surface area contributed by atoms with Crippen LogP contribution < -0.4 is 4.74 Å². The molecule has 4 nitrogen and oxygen atoms in total. The molecule has 0 spiro atoms. The van der Waals surface area contributed by atoms with E-state index >= 15 is 0 Å². The molecule has 1 aliphatic rings. The van der Waals surface area contributed by atoms with Crippen molar-refractivity contribution in [2.75, 3.05) is 6.61 Å². The fourth-order valence-corrected chi connectivity index (χ4v) is 4.03. The van der Waals surface area contributed by atoms with Gasteiger partial charge in [0.25, 0.3) is 11.1 Å². The molecule has 0 bridgehead atoms. The minimum atomic E-state index is -0.558. The zero-order valence-corrected chi connectivity index (χ0v) is 18.0. The lowest BCUT2D eigenvalue weighted by atomic mass is 10.1. The summed E-state index contributed by atoms with van der Waals surface area (Å²) in [5.74, 6) is -0.428. The molecule has 1 fully saturated rings. The first-order valence-corrected chi connectivity index (χ1v) is 10.5. The molecule has 0 unspecified atom stereocenters. The van der Waals surface area contributed by atoms with Crippen molar-refractivity contribution < 1.29 is 18.7 Å². The molecular formula is C20H16BrClFNO3S. The fourth-order valence-electron chi connectivity index (χ4n) is 2.59. The minimum Gasteiger partial charge on any atom is -0.493 e. The van der Waals surface area contributed by atoms with Gasteiger partial charge in [-0.05, 0) is 54.6 Å². The van der Waals surface area contributed by atoms with Crippen LogP contribution in [0.4, 0.5) is 9.18 Å². The monoisotopic (exact) mass is 483 g/mol. The quantitative estimate of drug-likeness (QED) is 0.454. The van der Waals surface area contributed by atoms with Crippen molar-refractivity contribution in [2.24, 2.45) is 0 Å². The Morgan fingerprint density at radius 2 is 2.07 bits per heavy atom. The van der Waals surface area contributed by atoms with Crippen LogP contribution >= 0.6 is 39.3 Å². The SMILES string of the molecule is CCCOc1ccc(Br)cc1/C=C1/SC(=O)N(Cc2c(F)cccc2Cl)C1=O. The van der Waals surface area contributed by atoms with Crippen molar-refractivity contribution in [1.29, 1.82) is 0 Å². The molecule has 1 heterocycles. The van der Waals surface area contributed by atoms with E-state index in [9.17, 15) is 14.0 Å². The van der Waals surface area contributed by atoms with Gasteiger partial charge in [-0.15, -0.1) is 0 Å². The zero-order chi connectivity index (χ0) is 20.3. The lowest BCUT2D eigenvalue weighted by Gasteiger charge is -2.14. The van der Waals surface area contributed by atoms with Gasteiger partial charge >= 0.3 is 0 Å². The van der Waals surface area contributed by atoms with Crippen molar-refractivity contribution in [3.05, 3.63) is 67.7 Å². The third kappa shape index (κ3) is 4.59. The van der Waals surface area contributed by atoms with Crippen LogP contribution in [0, 0.1) is 5.82 Å². The summed E-state index contributed by atoms with van der Waals surface area (Å²) in [6.45, 7) is 2.32. The van der Waals surface area contributed by atoms with E-state index in [4.69, 9.17) is 16.3 Å². The Bertz CT molecular complexity index is 946. The van der Waals surface area contributed by atoms with Gasteiger partial charge in [-0.2, -0.15) is 0 Å². The van der Waals surface area contributed by atoms with Crippen LogP contribution in [0.5, 0.6) is 5.75 Å². The number of hydrogen-bond donors (Lipinski definition) is 0. The van der Waals surface area contributed by atoms with Gasteiger partial charge in [-0.1, -0.05) is 40.5 Å². The molecule has 0 aromatic heterocycles. The highest BCUT2D eigenvalue weighted by Gasteiger charge is 2.36. The highest BCUT2D eigenvalue weighted by atomic mass is 79.9. The summed E-state index contributed by atoms with van der Waals surface area (Å²) in [5.41, 5.74) is 0.791. The maximum atomic E-state index is 14.0. The van der Waals surface area contributed by atoms with Crippen molar-refractivity contribution in [1.82, 2.24) is 4.90 Å². The summed E-state index contributed by atoms with van der Waals surface area (Å²) in [4.78, 5) is 26.4. The number of benzene rings is 2. The first-order valence-electron chi connectivity index (χ1n) is 8.51. The Hall–Kier alpha value is -1.83. The Kier molecular flexibility index (Phi) is 6.80. The molecule has 2 aromatic carbocycles. The van der Waals surface area contributed by atoms with E-state index in [1.165, 1.54) is 18.2 Å². The van der Waals surface area contributed by atoms with Crippen LogP contribution in [-0.2, 0) is 11.3 Å². The van der Waals surface area contributed by atoms with Crippen LogP contribution in [0.1, 0.15) is 24.5 Å². The number of imide groups is 1. The van der Waals surface area contributed by atoms with Crippen molar-refractivity contribution in [3.63, 3.8) is 0 Å². The van der Waals surface area contributed by atoms with Gasteiger partial charge in [0.2, 0.25) is 0 Å². The van der Waals surface area contributed by atoms with Gasteiger partial charge in [0.1, 0.15) is 11.6 Å². The Labute approximate surface area is 179 Å². The van der Waals surface area contributed by atoms with E-state index in [2.05, 4.69) is 15.9 Å². The largest absolute Gasteiger partial charge is 0.493 e. The summed E-state index contributed by atoms with van der Waals surface area (Å²) in [6.07, 6.45) is 2.46. The predicted molar refractivity (Wildman–Crippen MR) is 113 cm³/mol. The number of nitrogens with zero attached hydrogens (tertiary/aromatic N) is 1. The maximum Gasteiger partial charge on any atom is 0.293 e. The first-order chi connectivity index (χ1) is 13.4. The van der Waals surface area contributed by atoms with Crippen LogP contribution in [0.25, 0.3) is 6.08 Å². The highest BCUT2D eigenvalue weighted by Crippen LogP contribution is 2.36. The fraction of sp³-hybridized carbons (Fsp3) is 0.200. The number of rotatable bonds is 6. The third-order valence-electron chi connectivity index (χ3n) is 3.97. The topological polar surface area (TPSA) is 46.6 Å². The molecule has 0 aliphatic carbocycles. The maximum absolute atomic E-state index is 14.0. The smallest absolute Gasteiger partial charge is 0.293 e. The van der Waals surface area contributed by atoms with Crippen LogP contribution in [0.15, 0.2) is 45.8 Å². The number of hydrogen-bond acceptors (Lipinski definition) is 4. The summed E-state index contributed by atoms with van der Waals surface area (Å²) in [5, 5.41) is -0.299. The molecule has 0 saturated carbocycles. The van der Waals surface area contributed by atoms with Gasteiger partial charge in [-0.3, -0.25) is 14.5 Å². The lowest BCUT2D eigenvalue weighted by molar-refractivity contribution is -0.123. The summed E-state index contributed by atoms with van der Waals surface area (Å²) >= 11 is 10.2. The van der Waals surface area contributed by atoms with Gasteiger partial charge in [-0.25, -0.2) is 4.39 Å². The molecule has 0 radical (unpaired) electrons. The van der Waals surface area contributed by atoms with Crippen LogP contribution in [-0.4, -0.2) is 22.7 Å².